The second kappa shape index (κ2) is 11.1. The molecule has 7 heteroatoms. The first-order valence-corrected chi connectivity index (χ1v) is 18.3. The molecule has 51 heavy (non-hydrogen) atoms. The zero-order valence-electron chi connectivity index (χ0n) is 26.9. The molecule has 4 heterocycles. The van der Waals surface area contributed by atoms with Crippen LogP contribution in [-0.2, 0) is 0 Å². The zero-order valence-corrected chi connectivity index (χ0v) is 28.5. The summed E-state index contributed by atoms with van der Waals surface area (Å²) in [5.74, 6) is 2.56. The minimum absolute atomic E-state index is 0.623. The Morgan fingerprint density at radius 3 is 1.98 bits per heavy atom. The smallest absolute Gasteiger partial charge is 0.227 e. The van der Waals surface area contributed by atoms with Gasteiger partial charge in [0.2, 0.25) is 5.89 Å². The normalized spacial score (nSPS) is 11.9. The summed E-state index contributed by atoms with van der Waals surface area (Å²) in [5, 5.41) is 6.96. The predicted molar refractivity (Wildman–Crippen MR) is 212 cm³/mol. The van der Waals surface area contributed by atoms with Gasteiger partial charge in [-0.05, 0) is 59.3 Å². The molecule has 238 valence electrons. The van der Waals surface area contributed by atoms with E-state index in [1.807, 2.05) is 48.5 Å². The van der Waals surface area contributed by atoms with Gasteiger partial charge in [-0.15, -0.1) is 22.7 Å². The number of aromatic nitrogens is 4. The third kappa shape index (κ3) is 4.52. The summed E-state index contributed by atoms with van der Waals surface area (Å²) in [7, 11) is 0. The Kier molecular flexibility index (Phi) is 6.22. The Hall–Kier alpha value is -6.28. The van der Waals surface area contributed by atoms with Gasteiger partial charge >= 0.3 is 0 Å². The standard InChI is InChI=1S/C44H24N4OS2/c1-3-10-26(11-4-1)41-46-42(48-43(47-41)31-16-9-15-30-29-14-7-8-17-34(29)51-40(30)31)28-19-18-25-20-22-35-37(32(25)24-28)38-36(50-35)23-21-33-39(38)49-44(45-33)27-12-5-2-6-13-27/h1-24H. The van der Waals surface area contributed by atoms with Gasteiger partial charge in [0.1, 0.15) is 5.52 Å². The molecular formula is C44H24N4OS2. The van der Waals surface area contributed by atoms with E-state index in [1.165, 1.54) is 24.9 Å². The van der Waals surface area contributed by atoms with Gasteiger partial charge in [0, 0.05) is 62.6 Å². The largest absolute Gasteiger partial charge is 0.435 e. The molecule has 4 aromatic heterocycles. The van der Waals surface area contributed by atoms with Crippen molar-refractivity contribution in [3.05, 3.63) is 146 Å². The average Bonchev–Trinajstić information content (AvgIpc) is 3.91. The second-order valence-electron chi connectivity index (χ2n) is 12.6. The lowest BCUT2D eigenvalue weighted by molar-refractivity contribution is 0.623. The van der Waals surface area contributed by atoms with Gasteiger partial charge in [-0.25, -0.2) is 19.9 Å². The van der Waals surface area contributed by atoms with E-state index in [2.05, 4.69) is 97.1 Å². The van der Waals surface area contributed by atoms with Gasteiger partial charge in [0.15, 0.2) is 23.1 Å². The second-order valence-corrected chi connectivity index (χ2v) is 14.7. The van der Waals surface area contributed by atoms with Crippen LogP contribution >= 0.6 is 22.7 Å². The number of hydrogen-bond acceptors (Lipinski definition) is 7. The fourth-order valence-electron chi connectivity index (χ4n) is 7.17. The Labute approximate surface area is 299 Å². The van der Waals surface area contributed by atoms with Crippen LogP contribution in [0.3, 0.4) is 0 Å². The topological polar surface area (TPSA) is 64.7 Å². The molecule has 0 N–H and O–H groups in total. The summed E-state index contributed by atoms with van der Waals surface area (Å²) >= 11 is 3.55. The monoisotopic (exact) mass is 688 g/mol. The van der Waals surface area contributed by atoms with Crippen molar-refractivity contribution in [3.8, 4) is 45.6 Å². The molecule has 0 atom stereocenters. The van der Waals surface area contributed by atoms with Crippen LogP contribution in [0.25, 0.3) is 108 Å². The average molecular weight is 689 g/mol. The number of nitrogens with zero attached hydrogens (tertiary/aromatic N) is 4. The van der Waals surface area contributed by atoms with Crippen molar-refractivity contribution in [2.75, 3.05) is 0 Å². The highest BCUT2D eigenvalue weighted by atomic mass is 32.1. The van der Waals surface area contributed by atoms with Gasteiger partial charge in [-0.1, -0.05) is 97.1 Å². The minimum atomic E-state index is 0.623. The van der Waals surface area contributed by atoms with Gasteiger partial charge in [-0.3, -0.25) is 0 Å². The lowest BCUT2D eigenvalue weighted by atomic mass is 10.0. The van der Waals surface area contributed by atoms with Crippen LogP contribution in [0.5, 0.6) is 0 Å². The van der Waals surface area contributed by atoms with Crippen molar-refractivity contribution in [1.29, 1.82) is 0 Å². The molecule has 7 aromatic carbocycles. The first-order chi connectivity index (χ1) is 25.2. The van der Waals surface area contributed by atoms with Crippen molar-refractivity contribution >= 4 is 84.9 Å². The first-order valence-electron chi connectivity index (χ1n) is 16.7. The molecule has 0 aliphatic rings. The van der Waals surface area contributed by atoms with Crippen LogP contribution in [0.2, 0.25) is 0 Å². The molecule has 5 nitrogen and oxygen atoms in total. The number of thiophene rings is 2. The highest BCUT2D eigenvalue weighted by Gasteiger charge is 2.20. The Morgan fingerprint density at radius 1 is 0.431 bits per heavy atom. The van der Waals surface area contributed by atoms with E-state index in [1.54, 1.807) is 22.7 Å². The van der Waals surface area contributed by atoms with Crippen molar-refractivity contribution in [2.45, 2.75) is 0 Å². The summed E-state index contributed by atoms with van der Waals surface area (Å²) in [4.78, 5) is 20.3. The lowest BCUT2D eigenvalue weighted by Gasteiger charge is -2.10. The Morgan fingerprint density at radius 2 is 1.12 bits per heavy atom. The molecule has 11 rings (SSSR count). The van der Waals surface area contributed by atoms with Crippen molar-refractivity contribution in [1.82, 2.24) is 19.9 Å². The van der Waals surface area contributed by atoms with E-state index in [9.17, 15) is 0 Å². The van der Waals surface area contributed by atoms with Crippen molar-refractivity contribution in [2.24, 2.45) is 0 Å². The number of oxazole rings is 1. The number of rotatable bonds is 4. The number of hydrogen-bond donors (Lipinski definition) is 0. The van der Waals surface area contributed by atoms with Gasteiger partial charge < -0.3 is 4.42 Å². The van der Waals surface area contributed by atoms with E-state index in [-0.39, 0.29) is 0 Å². The molecule has 0 radical (unpaired) electrons. The molecule has 0 saturated heterocycles. The molecule has 0 amide bonds. The fraction of sp³-hybridized carbons (Fsp3) is 0. The van der Waals surface area contributed by atoms with Crippen LogP contribution in [0.15, 0.2) is 150 Å². The van der Waals surface area contributed by atoms with E-state index < -0.39 is 0 Å². The maximum atomic E-state index is 6.55. The predicted octanol–water partition coefficient (Wildman–Crippen LogP) is 12.6. The van der Waals surface area contributed by atoms with E-state index >= 15 is 0 Å². The quantitative estimate of drug-likeness (QED) is 0.184. The molecule has 0 saturated carbocycles. The molecule has 0 fully saturated rings. The molecule has 11 aromatic rings. The van der Waals surface area contributed by atoms with Crippen LogP contribution in [0, 0.1) is 0 Å². The molecular weight excluding hydrogens is 665 g/mol. The lowest BCUT2D eigenvalue weighted by Crippen LogP contribution is -2.00. The maximum Gasteiger partial charge on any atom is 0.227 e. The number of benzene rings is 7. The molecule has 0 unspecified atom stereocenters. The van der Waals surface area contributed by atoms with Crippen LogP contribution in [0.1, 0.15) is 0 Å². The van der Waals surface area contributed by atoms with Crippen molar-refractivity contribution in [3.63, 3.8) is 0 Å². The third-order valence-electron chi connectivity index (χ3n) is 9.56. The first kappa shape index (κ1) is 28.5. The zero-order chi connectivity index (χ0) is 33.5. The third-order valence-corrected chi connectivity index (χ3v) is 11.9. The summed E-state index contributed by atoms with van der Waals surface area (Å²) in [5.41, 5.74) is 5.48. The number of fused-ring (bicyclic) bond motifs is 10. The van der Waals surface area contributed by atoms with Crippen molar-refractivity contribution < 1.29 is 4.42 Å². The molecule has 0 spiro atoms. The van der Waals surface area contributed by atoms with Gasteiger partial charge in [0.05, 0.1) is 0 Å². The van der Waals surface area contributed by atoms with Gasteiger partial charge in [0.25, 0.3) is 0 Å². The summed E-state index contributed by atoms with van der Waals surface area (Å²) < 4.78 is 11.3. The highest BCUT2D eigenvalue weighted by molar-refractivity contribution is 7.26. The highest BCUT2D eigenvalue weighted by Crippen LogP contribution is 2.44. The maximum absolute atomic E-state index is 6.55. The van der Waals surface area contributed by atoms with Crippen LogP contribution in [0.4, 0.5) is 0 Å². The summed E-state index contributed by atoms with van der Waals surface area (Å²) in [6.07, 6.45) is 0. The SMILES string of the molecule is c1ccc(-c2nc(-c3ccc4ccc5sc6ccc7nc(-c8ccccc8)oc7c6c5c4c3)nc(-c3cccc4c3sc3ccccc34)n2)cc1. The summed E-state index contributed by atoms with van der Waals surface area (Å²) in [6.45, 7) is 0. The van der Waals surface area contributed by atoms with E-state index in [4.69, 9.17) is 24.4 Å². The summed E-state index contributed by atoms with van der Waals surface area (Å²) in [6, 6.07) is 50.3. The Bertz CT molecular complexity index is 3150. The molecule has 0 aliphatic carbocycles. The fourth-order valence-corrected chi connectivity index (χ4v) is 9.50. The van der Waals surface area contributed by atoms with E-state index in [0.717, 1.165) is 59.6 Å². The molecule has 0 aliphatic heterocycles. The van der Waals surface area contributed by atoms with Crippen LogP contribution < -0.4 is 0 Å². The van der Waals surface area contributed by atoms with E-state index in [0.29, 0.717) is 23.4 Å². The Balaban J connectivity index is 1.15. The molecule has 0 bridgehead atoms. The van der Waals surface area contributed by atoms with Crippen LogP contribution in [-0.4, -0.2) is 19.9 Å². The minimum Gasteiger partial charge on any atom is -0.435 e. The van der Waals surface area contributed by atoms with Gasteiger partial charge in [-0.2, -0.15) is 0 Å².